The Morgan fingerprint density at radius 2 is 2.50 bits per heavy atom. The monoisotopic (exact) mass is 162 g/mol. The maximum absolute atomic E-state index is 9.80. The number of hydrogen-bond acceptors (Lipinski definition) is 4. The number of carboxylic acid groups (broad SMARTS) is 1. The van der Waals surface area contributed by atoms with E-state index in [4.69, 9.17) is 5.11 Å². The zero-order valence-corrected chi connectivity index (χ0v) is 6.01. The molecule has 0 aromatic rings. The summed E-state index contributed by atoms with van der Waals surface area (Å²) in [4.78, 5) is 9.80. The van der Waals surface area contributed by atoms with Crippen molar-refractivity contribution in [3.05, 3.63) is 0 Å². The molecule has 0 aliphatic carbocycles. The van der Waals surface area contributed by atoms with E-state index in [-0.39, 0.29) is 5.17 Å². The molecule has 0 unspecified atom stereocenters. The summed E-state index contributed by atoms with van der Waals surface area (Å²) in [5.74, 6) is -1.15. The average Bonchev–Trinajstić information content (AvgIpc) is 1.87. The first-order chi connectivity index (χ1) is 4.66. The third-order valence-electron chi connectivity index (χ3n) is 0.516. The summed E-state index contributed by atoms with van der Waals surface area (Å²) in [7, 11) is 1.35. The zero-order chi connectivity index (χ0) is 7.98. The number of nitrogens with zero attached hydrogens (tertiary/aromatic N) is 1. The van der Waals surface area contributed by atoms with E-state index in [1.807, 2.05) is 0 Å². The Kier molecular flexibility index (Phi) is 4.14. The van der Waals surface area contributed by atoms with Crippen molar-refractivity contribution < 1.29 is 14.6 Å². The molecule has 0 aromatic carbocycles. The van der Waals surface area contributed by atoms with E-state index < -0.39 is 5.97 Å². The lowest BCUT2D eigenvalue weighted by atomic mass is 10.8. The van der Waals surface area contributed by atoms with Gasteiger partial charge in [0.15, 0.2) is 0 Å². The highest BCUT2D eigenvalue weighted by molar-refractivity contribution is 7.80. The second-order valence-corrected chi connectivity index (χ2v) is 1.57. The highest BCUT2D eigenvalue weighted by atomic mass is 32.1. The standard InChI is InChI=1S/C4H6N2O3S/c1-9-4(10)6-5-2-3(7)8/h2H,1H3,(H,6,10)(H,7,8)/b5-2+. The van der Waals surface area contributed by atoms with Gasteiger partial charge in [0.2, 0.25) is 0 Å². The molecule has 0 fully saturated rings. The van der Waals surface area contributed by atoms with Crippen LogP contribution in [0.3, 0.4) is 0 Å². The third kappa shape index (κ3) is 4.98. The summed E-state index contributed by atoms with van der Waals surface area (Å²) in [6.07, 6.45) is 0.672. The number of carboxylic acids is 1. The van der Waals surface area contributed by atoms with Crippen molar-refractivity contribution in [2.24, 2.45) is 5.10 Å². The fourth-order valence-corrected chi connectivity index (χ4v) is 0.239. The van der Waals surface area contributed by atoms with Crippen LogP contribution in [0.15, 0.2) is 5.10 Å². The van der Waals surface area contributed by atoms with Crippen molar-refractivity contribution in [3.8, 4) is 0 Å². The molecule has 5 nitrogen and oxygen atoms in total. The summed E-state index contributed by atoms with van der Waals surface area (Å²) >= 11 is 4.47. The molecule has 0 atom stereocenters. The van der Waals surface area contributed by atoms with E-state index in [2.05, 4.69) is 27.5 Å². The Balaban J connectivity index is 3.53. The van der Waals surface area contributed by atoms with Crippen LogP contribution in [-0.4, -0.2) is 29.6 Å². The van der Waals surface area contributed by atoms with Gasteiger partial charge in [0.1, 0.15) is 6.21 Å². The molecule has 0 aliphatic rings. The van der Waals surface area contributed by atoms with Gasteiger partial charge in [-0.15, -0.1) is 0 Å². The minimum Gasteiger partial charge on any atom is -0.477 e. The lowest BCUT2D eigenvalue weighted by Gasteiger charge is -1.96. The number of aliphatic carboxylic acids is 1. The molecule has 2 N–H and O–H groups in total. The van der Waals surface area contributed by atoms with Crippen LogP contribution in [0.1, 0.15) is 0 Å². The van der Waals surface area contributed by atoms with E-state index in [0.29, 0.717) is 6.21 Å². The first kappa shape index (κ1) is 8.83. The predicted octanol–water partition coefficient (Wildman–Crippen LogP) is -0.422. The molecule has 0 aliphatic heterocycles. The molecule has 0 saturated carbocycles. The maximum Gasteiger partial charge on any atom is 0.348 e. The first-order valence-corrected chi connectivity index (χ1v) is 2.67. The Hall–Kier alpha value is -1.17. The highest BCUT2D eigenvalue weighted by Crippen LogP contribution is 1.70. The van der Waals surface area contributed by atoms with Crippen LogP contribution in [-0.2, 0) is 9.53 Å². The molecule has 10 heavy (non-hydrogen) atoms. The number of nitrogens with one attached hydrogen (secondary N) is 1. The van der Waals surface area contributed by atoms with E-state index in [1.165, 1.54) is 7.11 Å². The van der Waals surface area contributed by atoms with Crippen LogP contribution in [0.25, 0.3) is 0 Å². The minimum atomic E-state index is -1.15. The lowest BCUT2D eigenvalue weighted by Crippen LogP contribution is -2.17. The van der Waals surface area contributed by atoms with E-state index in [1.54, 1.807) is 0 Å². The van der Waals surface area contributed by atoms with Crippen LogP contribution >= 0.6 is 12.2 Å². The number of hydrazone groups is 1. The van der Waals surface area contributed by atoms with Crippen molar-refractivity contribution in [1.82, 2.24) is 5.43 Å². The lowest BCUT2D eigenvalue weighted by molar-refractivity contribution is -0.128. The van der Waals surface area contributed by atoms with Gasteiger partial charge in [-0.3, -0.25) is 0 Å². The van der Waals surface area contributed by atoms with Crippen LogP contribution in [0.5, 0.6) is 0 Å². The molecule has 0 heterocycles. The molecule has 0 saturated heterocycles. The third-order valence-corrected chi connectivity index (χ3v) is 0.774. The van der Waals surface area contributed by atoms with Crippen molar-refractivity contribution in [2.45, 2.75) is 0 Å². The number of hydrogen-bond donors (Lipinski definition) is 2. The quantitative estimate of drug-likeness (QED) is 0.328. The molecule has 56 valence electrons. The molecule has 0 amide bonds. The Labute approximate surface area is 62.7 Å². The second kappa shape index (κ2) is 4.68. The first-order valence-electron chi connectivity index (χ1n) is 2.26. The zero-order valence-electron chi connectivity index (χ0n) is 5.20. The Morgan fingerprint density at radius 1 is 1.90 bits per heavy atom. The van der Waals surface area contributed by atoms with Crippen molar-refractivity contribution in [3.63, 3.8) is 0 Å². The molecule has 0 spiro atoms. The summed E-state index contributed by atoms with van der Waals surface area (Å²) in [6.45, 7) is 0. The average molecular weight is 162 g/mol. The summed E-state index contributed by atoms with van der Waals surface area (Å²) < 4.78 is 4.45. The summed E-state index contributed by atoms with van der Waals surface area (Å²) in [5.41, 5.74) is 2.16. The number of carbonyl (C=O) groups is 1. The van der Waals surface area contributed by atoms with Gasteiger partial charge in [-0.1, -0.05) is 0 Å². The van der Waals surface area contributed by atoms with Gasteiger partial charge in [-0.25, -0.2) is 10.2 Å². The van der Waals surface area contributed by atoms with E-state index in [9.17, 15) is 4.79 Å². The SMILES string of the molecule is COC(=S)N/N=C/C(=O)O. The largest absolute Gasteiger partial charge is 0.477 e. The fourth-order valence-electron chi connectivity index (χ4n) is 0.186. The van der Waals surface area contributed by atoms with Crippen molar-refractivity contribution in [2.75, 3.05) is 7.11 Å². The number of methoxy groups -OCH3 is 1. The van der Waals surface area contributed by atoms with Crippen molar-refractivity contribution in [1.29, 1.82) is 0 Å². The molecule has 6 heteroatoms. The van der Waals surface area contributed by atoms with Gasteiger partial charge in [-0.2, -0.15) is 5.10 Å². The number of rotatable bonds is 2. The van der Waals surface area contributed by atoms with E-state index >= 15 is 0 Å². The van der Waals surface area contributed by atoms with Crippen LogP contribution in [0.4, 0.5) is 0 Å². The molecular formula is C4H6N2O3S. The molecule has 0 bridgehead atoms. The maximum atomic E-state index is 9.80. The van der Waals surface area contributed by atoms with Crippen LogP contribution < -0.4 is 5.43 Å². The number of ether oxygens (including phenoxy) is 1. The Bertz CT molecular complexity index is 168. The molecular weight excluding hydrogens is 156 g/mol. The smallest absolute Gasteiger partial charge is 0.348 e. The highest BCUT2D eigenvalue weighted by Gasteiger charge is 1.88. The molecule has 0 rings (SSSR count). The predicted molar refractivity (Wildman–Crippen MR) is 38.9 cm³/mol. The minimum absolute atomic E-state index is 0.0255. The van der Waals surface area contributed by atoms with E-state index in [0.717, 1.165) is 0 Å². The normalized spacial score (nSPS) is 9.30. The van der Waals surface area contributed by atoms with Gasteiger partial charge in [0, 0.05) is 0 Å². The molecule has 0 aromatic heterocycles. The number of thiocarbonyl (C=S) groups is 1. The van der Waals surface area contributed by atoms with Crippen LogP contribution in [0, 0.1) is 0 Å². The van der Waals surface area contributed by atoms with Gasteiger partial charge < -0.3 is 9.84 Å². The van der Waals surface area contributed by atoms with Gasteiger partial charge in [0.25, 0.3) is 5.17 Å². The van der Waals surface area contributed by atoms with Gasteiger partial charge in [0.05, 0.1) is 7.11 Å². The van der Waals surface area contributed by atoms with Gasteiger partial charge >= 0.3 is 5.97 Å². The van der Waals surface area contributed by atoms with Gasteiger partial charge in [-0.05, 0) is 12.2 Å². The summed E-state index contributed by atoms with van der Waals surface area (Å²) in [6, 6.07) is 0. The van der Waals surface area contributed by atoms with Crippen molar-refractivity contribution >= 4 is 29.6 Å². The fraction of sp³-hybridized carbons (Fsp3) is 0.250. The molecule has 0 radical (unpaired) electrons. The summed E-state index contributed by atoms with van der Waals surface area (Å²) in [5, 5.41) is 11.3. The Morgan fingerprint density at radius 3 is 2.90 bits per heavy atom. The van der Waals surface area contributed by atoms with Crippen LogP contribution in [0.2, 0.25) is 0 Å². The topological polar surface area (TPSA) is 70.9 Å². The second-order valence-electron chi connectivity index (χ2n) is 1.20.